The van der Waals surface area contributed by atoms with Crippen molar-refractivity contribution in [2.75, 3.05) is 13.7 Å². The van der Waals surface area contributed by atoms with E-state index in [9.17, 15) is 0 Å². The molecule has 0 spiro atoms. The van der Waals surface area contributed by atoms with Gasteiger partial charge in [0.2, 0.25) is 0 Å². The molecule has 2 heteroatoms. The van der Waals surface area contributed by atoms with Crippen LogP contribution in [0.15, 0.2) is 24.3 Å². The molecule has 0 heterocycles. The fourth-order valence-electron chi connectivity index (χ4n) is 3.76. The van der Waals surface area contributed by atoms with Crippen molar-refractivity contribution < 1.29 is 4.74 Å². The van der Waals surface area contributed by atoms with Crippen molar-refractivity contribution in [3.05, 3.63) is 35.4 Å². The Labute approximate surface area is 129 Å². The normalized spacial score (nSPS) is 27.0. The lowest BCUT2D eigenvalue weighted by Crippen LogP contribution is -2.34. The maximum absolute atomic E-state index is 5.68. The molecule has 21 heavy (non-hydrogen) atoms. The molecule has 116 valence electrons. The molecule has 2 aliphatic rings. The quantitative estimate of drug-likeness (QED) is 0.801. The second kappa shape index (κ2) is 6.93. The van der Waals surface area contributed by atoms with Crippen LogP contribution in [0.1, 0.15) is 68.5 Å². The molecular formula is C19H29NO. The van der Waals surface area contributed by atoms with Crippen molar-refractivity contribution in [3.8, 4) is 0 Å². The summed E-state index contributed by atoms with van der Waals surface area (Å²) in [7, 11) is 2.10. The largest absolute Gasteiger partial charge is 0.378 e. The molecule has 1 unspecified atom stereocenters. The van der Waals surface area contributed by atoms with Gasteiger partial charge in [0.1, 0.15) is 0 Å². The third kappa shape index (κ3) is 3.49. The first-order valence-corrected chi connectivity index (χ1v) is 8.68. The zero-order chi connectivity index (χ0) is 14.7. The van der Waals surface area contributed by atoms with Crippen molar-refractivity contribution in [1.82, 2.24) is 5.32 Å². The minimum absolute atomic E-state index is 0.498. The van der Waals surface area contributed by atoms with Gasteiger partial charge < -0.3 is 10.1 Å². The Morgan fingerprint density at radius 3 is 2.71 bits per heavy atom. The van der Waals surface area contributed by atoms with Gasteiger partial charge in [-0.05, 0) is 69.0 Å². The van der Waals surface area contributed by atoms with Gasteiger partial charge in [0.15, 0.2) is 0 Å². The van der Waals surface area contributed by atoms with Crippen LogP contribution in [-0.2, 0) is 4.74 Å². The second-order valence-electron chi connectivity index (χ2n) is 6.79. The van der Waals surface area contributed by atoms with Gasteiger partial charge in [-0.3, -0.25) is 0 Å². The van der Waals surface area contributed by atoms with Gasteiger partial charge >= 0.3 is 0 Å². The smallest absolute Gasteiger partial charge is 0.0580 e. The second-order valence-corrected chi connectivity index (χ2v) is 6.79. The maximum atomic E-state index is 5.68. The van der Waals surface area contributed by atoms with Crippen LogP contribution < -0.4 is 5.32 Å². The van der Waals surface area contributed by atoms with Crippen molar-refractivity contribution in [2.45, 2.75) is 63.5 Å². The Morgan fingerprint density at radius 1 is 1.29 bits per heavy atom. The van der Waals surface area contributed by atoms with Gasteiger partial charge in [0.25, 0.3) is 0 Å². The Morgan fingerprint density at radius 2 is 2.10 bits per heavy atom. The van der Waals surface area contributed by atoms with Gasteiger partial charge in [-0.2, -0.15) is 0 Å². The summed E-state index contributed by atoms with van der Waals surface area (Å²) in [5.74, 6) is 1.65. The first-order chi connectivity index (χ1) is 10.3. The van der Waals surface area contributed by atoms with Crippen LogP contribution in [0.5, 0.6) is 0 Å². The highest BCUT2D eigenvalue weighted by Gasteiger charge is 2.31. The van der Waals surface area contributed by atoms with E-state index in [0.29, 0.717) is 12.1 Å². The highest BCUT2D eigenvalue weighted by Crippen LogP contribution is 2.39. The molecule has 2 fully saturated rings. The van der Waals surface area contributed by atoms with E-state index in [1.807, 2.05) is 0 Å². The first kappa shape index (κ1) is 15.1. The average Bonchev–Trinajstić information content (AvgIpc) is 2.40. The topological polar surface area (TPSA) is 21.3 Å². The Hall–Kier alpha value is -0.860. The summed E-state index contributed by atoms with van der Waals surface area (Å²) < 4.78 is 5.68. The van der Waals surface area contributed by atoms with Crippen LogP contribution in [0.25, 0.3) is 0 Å². The number of hydrogen-bond donors (Lipinski definition) is 1. The maximum Gasteiger partial charge on any atom is 0.0580 e. The van der Waals surface area contributed by atoms with Crippen LogP contribution in [-0.4, -0.2) is 19.8 Å². The van der Waals surface area contributed by atoms with E-state index in [1.54, 1.807) is 5.56 Å². The van der Waals surface area contributed by atoms with E-state index in [2.05, 4.69) is 43.6 Å². The Bertz CT molecular complexity index is 449. The zero-order valence-corrected chi connectivity index (χ0v) is 13.5. The fourth-order valence-corrected chi connectivity index (χ4v) is 3.76. The van der Waals surface area contributed by atoms with E-state index in [1.165, 1.54) is 44.1 Å². The van der Waals surface area contributed by atoms with E-state index >= 15 is 0 Å². The number of nitrogens with one attached hydrogen (secondary N) is 1. The SMILES string of the molecule is CCOC1CC(CC(NC)c2cccc(C3CCC3)c2)C1. The minimum Gasteiger partial charge on any atom is -0.378 e. The molecule has 0 aliphatic heterocycles. The van der Waals surface area contributed by atoms with Gasteiger partial charge in [0, 0.05) is 12.6 Å². The minimum atomic E-state index is 0.498. The number of benzene rings is 1. The molecule has 0 saturated heterocycles. The summed E-state index contributed by atoms with van der Waals surface area (Å²) >= 11 is 0. The third-order valence-electron chi connectivity index (χ3n) is 5.40. The molecule has 1 aromatic rings. The molecule has 2 saturated carbocycles. The molecule has 2 nitrogen and oxygen atoms in total. The molecule has 1 atom stereocenters. The zero-order valence-electron chi connectivity index (χ0n) is 13.5. The summed E-state index contributed by atoms with van der Waals surface area (Å²) in [6.07, 6.45) is 8.43. The summed E-state index contributed by atoms with van der Waals surface area (Å²) in [5.41, 5.74) is 3.03. The fraction of sp³-hybridized carbons (Fsp3) is 0.684. The average molecular weight is 287 g/mol. The third-order valence-corrected chi connectivity index (χ3v) is 5.40. The molecule has 2 aliphatic carbocycles. The molecule has 0 bridgehead atoms. The van der Waals surface area contributed by atoms with Gasteiger partial charge in [-0.1, -0.05) is 30.7 Å². The predicted octanol–water partition coefficient (Wildman–Crippen LogP) is 4.42. The molecule has 0 amide bonds. The van der Waals surface area contributed by atoms with Crippen LogP contribution in [0, 0.1) is 5.92 Å². The summed E-state index contributed by atoms with van der Waals surface area (Å²) in [4.78, 5) is 0. The summed E-state index contributed by atoms with van der Waals surface area (Å²) in [6.45, 7) is 2.95. The molecule has 1 N–H and O–H groups in total. The summed E-state index contributed by atoms with van der Waals surface area (Å²) in [6, 6.07) is 9.80. The first-order valence-electron chi connectivity index (χ1n) is 8.68. The highest BCUT2D eigenvalue weighted by atomic mass is 16.5. The lowest BCUT2D eigenvalue weighted by molar-refractivity contribution is -0.0289. The number of ether oxygens (including phenoxy) is 1. The molecule has 1 aromatic carbocycles. The Kier molecular flexibility index (Phi) is 4.97. The molecule has 0 radical (unpaired) electrons. The van der Waals surface area contributed by atoms with E-state index < -0.39 is 0 Å². The van der Waals surface area contributed by atoms with Gasteiger partial charge in [-0.15, -0.1) is 0 Å². The van der Waals surface area contributed by atoms with Crippen LogP contribution in [0.3, 0.4) is 0 Å². The standard InChI is InChI=1S/C19H29NO/c1-3-21-18-10-14(11-18)12-19(20-2)17-9-5-8-16(13-17)15-6-4-7-15/h5,8-9,13-15,18-20H,3-4,6-7,10-12H2,1-2H3. The molecular weight excluding hydrogens is 258 g/mol. The molecule has 3 rings (SSSR count). The monoisotopic (exact) mass is 287 g/mol. The van der Waals surface area contributed by atoms with E-state index in [4.69, 9.17) is 4.74 Å². The van der Waals surface area contributed by atoms with Crippen molar-refractivity contribution in [3.63, 3.8) is 0 Å². The Balaban J connectivity index is 1.58. The van der Waals surface area contributed by atoms with Crippen LogP contribution >= 0.6 is 0 Å². The van der Waals surface area contributed by atoms with Crippen LogP contribution in [0.2, 0.25) is 0 Å². The molecule has 0 aromatic heterocycles. The lowest BCUT2D eigenvalue weighted by Gasteiger charge is -2.37. The van der Waals surface area contributed by atoms with Crippen LogP contribution in [0.4, 0.5) is 0 Å². The number of hydrogen-bond acceptors (Lipinski definition) is 2. The number of rotatable bonds is 7. The van der Waals surface area contributed by atoms with Crippen molar-refractivity contribution in [2.24, 2.45) is 5.92 Å². The highest BCUT2D eigenvalue weighted by molar-refractivity contribution is 5.29. The van der Waals surface area contributed by atoms with Gasteiger partial charge in [0.05, 0.1) is 6.10 Å². The predicted molar refractivity (Wildman–Crippen MR) is 87.6 cm³/mol. The lowest BCUT2D eigenvalue weighted by atomic mass is 9.76. The summed E-state index contributed by atoms with van der Waals surface area (Å²) in [5, 5.41) is 3.53. The van der Waals surface area contributed by atoms with E-state index in [-0.39, 0.29) is 0 Å². The van der Waals surface area contributed by atoms with Gasteiger partial charge in [-0.25, -0.2) is 0 Å². The van der Waals surface area contributed by atoms with Crippen molar-refractivity contribution >= 4 is 0 Å². The van der Waals surface area contributed by atoms with E-state index in [0.717, 1.165) is 18.4 Å². The van der Waals surface area contributed by atoms with Crippen molar-refractivity contribution in [1.29, 1.82) is 0 Å².